The summed E-state index contributed by atoms with van der Waals surface area (Å²) in [5, 5.41) is 15.0. The molecule has 29 heavy (non-hydrogen) atoms. The van der Waals surface area contributed by atoms with Gasteiger partial charge in [-0.05, 0) is 24.8 Å². The van der Waals surface area contributed by atoms with E-state index in [2.05, 4.69) is 29.5 Å². The first kappa shape index (κ1) is 24.4. The number of amides is 2. The first-order valence-corrected chi connectivity index (χ1v) is 9.83. The maximum absolute atomic E-state index is 12.1. The van der Waals surface area contributed by atoms with Gasteiger partial charge in [0.2, 0.25) is 0 Å². The number of rotatable bonds is 13. The second-order valence-corrected chi connectivity index (χ2v) is 6.93. The van der Waals surface area contributed by atoms with Crippen LogP contribution in [0.4, 0.5) is 0 Å². The summed E-state index contributed by atoms with van der Waals surface area (Å²) in [6, 6.07) is 1.16. The lowest BCUT2D eigenvalue weighted by atomic mass is 10.2. The molecule has 9 heteroatoms. The Hall–Kier alpha value is -2.68. The third-order valence-electron chi connectivity index (χ3n) is 3.70. The number of ether oxygens (including phenoxy) is 2. The van der Waals surface area contributed by atoms with Crippen molar-refractivity contribution in [3.63, 3.8) is 0 Å². The predicted octanol–water partition coefficient (Wildman–Crippen LogP) is 1.65. The van der Waals surface area contributed by atoms with Crippen molar-refractivity contribution in [2.75, 3.05) is 32.9 Å². The first-order chi connectivity index (χ1) is 13.8. The SMILES string of the molecule is CCCCOC(=O)CNC(=O)c1ncc(C(=O)NCCCOCC(C)C)cc1O. The number of aromatic hydroxyl groups is 1. The quantitative estimate of drug-likeness (QED) is 0.334. The van der Waals surface area contributed by atoms with Crippen molar-refractivity contribution < 1.29 is 29.0 Å². The summed E-state index contributed by atoms with van der Waals surface area (Å²) in [4.78, 5) is 39.5. The molecule has 0 bridgehead atoms. The Kier molecular flexibility index (Phi) is 11.3. The second-order valence-electron chi connectivity index (χ2n) is 6.93. The van der Waals surface area contributed by atoms with Crippen molar-refractivity contribution >= 4 is 17.8 Å². The maximum atomic E-state index is 12.1. The molecule has 0 aliphatic heterocycles. The standard InChI is InChI=1S/C20H31N3O6/c1-4-5-9-29-17(25)12-23-20(27)18-16(24)10-15(11-22-18)19(26)21-7-6-8-28-13-14(2)3/h10-11,14,24H,4-9,12-13H2,1-3H3,(H,21,26)(H,23,27). The van der Waals surface area contributed by atoms with Gasteiger partial charge < -0.3 is 25.2 Å². The summed E-state index contributed by atoms with van der Waals surface area (Å²) < 4.78 is 10.4. The number of esters is 1. The highest BCUT2D eigenvalue weighted by Crippen LogP contribution is 2.16. The fourth-order valence-corrected chi connectivity index (χ4v) is 2.17. The molecule has 0 aliphatic carbocycles. The summed E-state index contributed by atoms with van der Waals surface area (Å²) in [7, 11) is 0. The molecule has 0 spiro atoms. The van der Waals surface area contributed by atoms with E-state index in [1.807, 2.05) is 6.92 Å². The third kappa shape index (κ3) is 9.89. The van der Waals surface area contributed by atoms with Gasteiger partial charge in [0, 0.05) is 26.0 Å². The van der Waals surface area contributed by atoms with Crippen LogP contribution in [0.25, 0.3) is 0 Å². The van der Waals surface area contributed by atoms with Gasteiger partial charge in [0.05, 0.1) is 12.2 Å². The largest absolute Gasteiger partial charge is 0.505 e. The normalized spacial score (nSPS) is 10.6. The monoisotopic (exact) mass is 409 g/mol. The Bertz CT molecular complexity index is 678. The Morgan fingerprint density at radius 2 is 1.90 bits per heavy atom. The van der Waals surface area contributed by atoms with E-state index in [-0.39, 0.29) is 17.8 Å². The van der Waals surface area contributed by atoms with E-state index in [1.165, 1.54) is 6.20 Å². The minimum absolute atomic E-state index is 0.126. The van der Waals surface area contributed by atoms with Crippen LogP contribution in [0.2, 0.25) is 0 Å². The lowest BCUT2D eigenvalue weighted by Crippen LogP contribution is -2.31. The Morgan fingerprint density at radius 3 is 2.55 bits per heavy atom. The highest BCUT2D eigenvalue weighted by atomic mass is 16.5. The van der Waals surface area contributed by atoms with Crippen LogP contribution in [0.5, 0.6) is 5.75 Å². The van der Waals surface area contributed by atoms with E-state index in [4.69, 9.17) is 9.47 Å². The van der Waals surface area contributed by atoms with Crippen LogP contribution in [0, 0.1) is 5.92 Å². The second kappa shape index (κ2) is 13.5. The first-order valence-electron chi connectivity index (χ1n) is 9.83. The van der Waals surface area contributed by atoms with E-state index in [1.54, 1.807) is 0 Å². The third-order valence-corrected chi connectivity index (χ3v) is 3.70. The number of hydrogen-bond acceptors (Lipinski definition) is 7. The van der Waals surface area contributed by atoms with Crippen molar-refractivity contribution in [3.8, 4) is 5.75 Å². The maximum Gasteiger partial charge on any atom is 0.325 e. The number of carbonyl (C=O) groups is 3. The van der Waals surface area contributed by atoms with E-state index in [0.717, 1.165) is 18.9 Å². The molecule has 0 fully saturated rings. The lowest BCUT2D eigenvalue weighted by molar-refractivity contribution is -0.142. The molecule has 9 nitrogen and oxygen atoms in total. The van der Waals surface area contributed by atoms with E-state index in [9.17, 15) is 19.5 Å². The highest BCUT2D eigenvalue weighted by Gasteiger charge is 2.17. The van der Waals surface area contributed by atoms with Crippen molar-refractivity contribution in [2.45, 2.75) is 40.0 Å². The number of hydrogen-bond donors (Lipinski definition) is 3. The predicted molar refractivity (Wildman–Crippen MR) is 107 cm³/mol. The van der Waals surface area contributed by atoms with Crippen molar-refractivity contribution in [1.82, 2.24) is 15.6 Å². The van der Waals surface area contributed by atoms with Gasteiger partial charge in [-0.1, -0.05) is 27.2 Å². The van der Waals surface area contributed by atoms with Gasteiger partial charge in [-0.25, -0.2) is 4.98 Å². The van der Waals surface area contributed by atoms with Crippen molar-refractivity contribution in [3.05, 3.63) is 23.5 Å². The molecule has 0 saturated carbocycles. The topological polar surface area (TPSA) is 127 Å². The molecule has 1 rings (SSSR count). The average Bonchev–Trinajstić information content (AvgIpc) is 2.68. The van der Waals surface area contributed by atoms with Crippen LogP contribution in [0.3, 0.4) is 0 Å². The number of aromatic nitrogens is 1. The molecule has 0 saturated heterocycles. The molecule has 3 N–H and O–H groups in total. The minimum atomic E-state index is -0.732. The summed E-state index contributed by atoms with van der Waals surface area (Å²) in [6.45, 7) is 7.69. The van der Waals surface area contributed by atoms with Gasteiger partial charge in [0.1, 0.15) is 12.3 Å². The molecule has 0 atom stereocenters. The molecule has 162 valence electrons. The summed E-state index contributed by atoms with van der Waals surface area (Å²) in [5.74, 6) is -1.71. The molecule has 0 radical (unpaired) electrons. The molecular formula is C20H31N3O6. The van der Waals surface area contributed by atoms with Crippen LogP contribution in [0.15, 0.2) is 12.3 Å². The van der Waals surface area contributed by atoms with Crippen LogP contribution < -0.4 is 10.6 Å². The van der Waals surface area contributed by atoms with Gasteiger partial charge in [-0.2, -0.15) is 0 Å². The van der Waals surface area contributed by atoms with E-state index < -0.39 is 23.5 Å². The zero-order valence-corrected chi connectivity index (χ0v) is 17.3. The van der Waals surface area contributed by atoms with Crippen LogP contribution in [-0.2, 0) is 14.3 Å². The van der Waals surface area contributed by atoms with Crippen molar-refractivity contribution in [2.24, 2.45) is 5.92 Å². The van der Waals surface area contributed by atoms with Gasteiger partial charge in [0.25, 0.3) is 11.8 Å². The number of unbranched alkanes of at least 4 members (excludes halogenated alkanes) is 1. The number of pyridine rings is 1. The molecule has 0 unspecified atom stereocenters. The zero-order valence-electron chi connectivity index (χ0n) is 17.3. The van der Waals surface area contributed by atoms with Gasteiger partial charge in [-0.3, -0.25) is 14.4 Å². The molecule has 2 amide bonds. The lowest BCUT2D eigenvalue weighted by Gasteiger charge is -2.09. The molecule has 0 aliphatic rings. The van der Waals surface area contributed by atoms with Crippen LogP contribution in [0.1, 0.15) is 60.9 Å². The number of nitrogens with one attached hydrogen (secondary N) is 2. The summed E-state index contributed by atoms with van der Waals surface area (Å²) in [6.07, 6.45) is 3.49. The molecule has 0 aromatic carbocycles. The minimum Gasteiger partial charge on any atom is -0.505 e. The zero-order chi connectivity index (χ0) is 21.6. The van der Waals surface area contributed by atoms with E-state index >= 15 is 0 Å². The van der Waals surface area contributed by atoms with Gasteiger partial charge in [0.15, 0.2) is 5.69 Å². The number of nitrogens with zero attached hydrogens (tertiary/aromatic N) is 1. The number of carbonyl (C=O) groups excluding carboxylic acids is 3. The van der Waals surface area contributed by atoms with Gasteiger partial charge in [-0.15, -0.1) is 0 Å². The fraction of sp³-hybridized carbons (Fsp3) is 0.600. The molecule has 1 aromatic rings. The van der Waals surface area contributed by atoms with Gasteiger partial charge >= 0.3 is 5.97 Å². The molecule has 1 heterocycles. The molecule has 1 aromatic heterocycles. The average molecular weight is 409 g/mol. The van der Waals surface area contributed by atoms with Crippen LogP contribution in [-0.4, -0.2) is 60.8 Å². The molecular weight excluding hydrogens is 378 g/mol. The Morgan fingerprint density at radius 1 is 1.14 bits per heavy atom. The summed E-state index contributed by atoms with van der Waals surface area (Å²) >= 11 is 0. The summed E-state index contributed by atoms with van der Waals surface area (Å²) in [5.41, 5.74) is -0.147. The van der Waals surface area contributed by atoms with Crippen molar-refractivity contribution in [1.29, 1.82) is 0 Å². The Balaban J connectivity index is 2.44. The van der Waals surface area contributed by atoms with Crippen LogP contribution >= 0.6 is 0 Å². The van der Waals surface area contributed by atoms with E-state index in [0.29, 0.717) is 38.7 Å². The highest BCUT2D eigenvalue weighted by molar-refractivity contribution is 5.99. The fourth-order valence-electron chi connectivity index (χ4n) is 2.17. The Labute approximate surface area is 171 Å². The smallest absolute Gasteiger partial charge is 0.325 e.